The lowest BCUT2D eigenvalue weighted by Gasteiger charge is -2.35. The van der Waals surface area contributed by atoms with Crippen molar-refractivity contribution in [2.24, 2.45) is 0 Å². The van der Waals surface area contributed by atoms with Crippen LogP contribution in [0.25, 0.3) is 0 Å². The summed E-state index contributed by atoms with van der Waals surface area (Å²) >= 11 is 0. The van der Waals surface area contributed by atoms with Gasteiger partial charge in [0.15, 0.2) is 0 Å². The number of ether oxygens (including phenoxy) is 2. The Kier molecular flexibility index (Phi) is 7.25. The van der Waals surface area contributed by atoms with Crippen molar-refractivity contribution in [2.45, 2.75) is 32.8 Å². The summed E-state index contributed by atoms with van der Waals surface area (Å²) in [5, 5.41) is 2.75. The number of methoxy groups -OCH3 is 1. The second kappa shape index (κ2) is 9.43. The first-order chi connectivity index (χ1) is 13.2. The minimum atomic E-state index is -0.538. The number of nitrogens with one attached hydrogen (secondary N) is 1. The van der Waals surface area contributed by atoms with Gasteiger partial charge in [-0.3, -0.25) is 9.59 Å². The van der Waals surface area contributed by atoms with Gasteiger partial charge in [0.25, 0.3) is 5.91 Å². The average Bonchev–Trinajstić information content (AvgIpc) is 2.66. The molecule has 28 heavy (non-hydrogen) atoms. The lowest BCUT2D eigenvalue weighted by Crippen LogP contribution is -2.52. The summed E-state index contributed by atoms with van der Waals surface area (Å²) in [5.41, 5.74) is -0.104. The van der Waals surface area contributed by atoms with Crippen LogP contribution in [0.2, 0.25) is 0 Å². The molecule has 0 aromatic heterocycles. The van der Waals surface area contributed by atoms with E-state index in [-0.39, 0.29) is 30.9 Å². The highest BCUT2D eigenvalue weighted by Gasteiger charge is 2.27. The molecule has 8 nitrogen and oxygen atoms in total. The zero-order valence-electron chi connectivity index (χ0n) is 17.0. The molecule has 1 fully saturated rings. The van der Waals surface area contributed by atoms with Gasteiger partial charge in [0.1, 0.15) is 11.4 Å². The van der Waals surface area contributed by atoms with Crippen molar-refractivity contribution < 1.29 is 23.9 Å². The molecule has 0 aliphatic carbocycles. The number of nitrogens with zero attached hydrogens (tertiary/aromatic N) is 2. The predicted octanol–water partition coefficient (Wildman–Crippen LogP) is 1.89. The maximum atomic E-state index is 12.4. The van der Waals surface area contributed by atoms with Crippen LogP contribution in [-0.2, 0) is 9.53 Å². The second-order valence-corrected chi connectivity index (χ2v) is 7.55. The smallest absolute Gasteiger partial charge is 0.410 e. The molecule has 1 saturated heterocycles. The third kappa shape index (κ3) is 6.14. The summed E-state index contributed by atoms with van der Waals surface area (Å²) in [5.74, 6) is 0.161. The maximum Gasteiger partial charge on any atom is 0.410 e. The number of hydrogen-bond acceptors (Lipinski definition) is 5. The highest BCUT2D eigenvalue weighted by Crippen LogP contribution is 2.17. The van der Waals surface area contributed by atoms with Crippen LogP contribution in [0, 0.1) is 0 Å². The van der Waals surface area contributed by atoms with Gasteiger partial charge in [0.05, 0.1) is 12.7 Å². The molecule has 0 bridgehead atoms. The number of hydrogen-bond donors (Lipinski definition) is 1. The molecule has 0 saturated carbocycles. The van der Waals surface area contributed by atoms with Crippen LogP contribution in [0.15, 0.2) is 24.3 Å². The van der Waals surface area contributed by atoms with Crippen LogP contribution in [0.5, 0.6) is 5.75 Å². The summed E-state index contributed by atoms with van der Waals surface area (Å²) < 4.78 is 10.5. The maximum absolute atomic E-state index is 12.4. The number of piperazine rings is 1. The van der Waals surface area contributed by atoms with E-state index in [2.05, 4.69) is 5.32 Å². The molecular weight excluding hydrogens is 362 g/mol. The van der Waals surface area contributed by atoms with E-state index in [4.69, 9.17) is 9.47 Å². The summed E-state index contributed by atoms with van der Waals surface area (Å²) in [6.07, 6.45) is -0.156. The topological polar surface area (TPSA) is 88.2 Å². The van der Waals surface area contributed by atoms with Crippen molar-refractivity contribution in [2.75, 3.05) is 39.8 Å². The molecule has 1 heterocycles. The molecule has 1 aliphatic heterocycles. The van der Waals surface area contributed by atoms with Crippen LogP contribution in [0.1, 0.15) is 37.6 Å². The zero-order chi connectivity index (χ0) is 20.7. The summed E-state index contributed by atoms with van der Waals surface area (Å²) in [6, 6.07) is 6.93. The first kappa shape index (κ1) is 21.5. The van der Waals surface area contributed by atoms with Crippen LogP contribution in [0.3, 0.4) is 0 Å². The van der Waals surface area contributed by atoms with Gasteiger partial charge in [0.2, 0.25) is 5.91 Å². The van der Waals surface area contributed by atoms with E-state index in [1.54, 1.807) is 34.1 Å². The van der Waals surface area contributed by atoms with Gasteiger partial charge in [-0.2, -0.15) is 0 Å². The van der Waals surface area contributed by atoms with Crippen LogP contribution < -0.4 is 10.1 Å². The number of carbonyl (C=O) groups excluding carboxylic acids is 3. The molecule has 0 radical (unpaired) electrons. The van der Waals surface area contributed by atoms with Gasteiger partial charge in [-0.15, -0.1) is 0 Å². The van der Waals surface area contributed by atoms with Crippen molar-refractivity contribution in [3.05, 3.63) is 29.8 Å². The minimum Gasteiger partial charge on any atom is -0.496 e. The molecular formula is C20H29N3O5. The first-order valence-corrected chi connectivity index (χ1v) is 9.38. The standard InChI is InChI=1S/C20H29N3O5/c1-20(2,3)28-19(26)23-13-11-22(12-14-23)17(24)9-10-21-18(25)15-7-5-6-8-16(15)27-4/h5-8H,9-14H2,1-4H3,(H,21,25). The van der Waals surface area contributed by atoms with E-state index in [1.807, 2.05) is 20.8 Å². The molecule has 2 rings (SSSR count). The van der Waals surface area contributed by atoms with Gasteiger partial charge in [-0.25, -0.2) is 4.79 Å². The molecule has 1 aromatic rings. The summed E-state index contributed by atoms with van der Waals surface area (Å²) in [6.45, 7) is 7.50. The third-order valence-electron chi connectivity index (χ3n) is 4.26. The summed E-state index contributed by atoms with van der Waals surface area (Å²) in [4.78, 5) is 40.0. The lowest BCUT2D eigenvalue weighted by molar-refractivity contribution is -0.132. The van der Waals surface area contributed by atoms with Crippen molar-refractivity contribution >= 4 is 17.9 Å². The van der Waals surface area contributed by atoms with Crippen LogP contribution in [-0.4, -0.2) is 73.1 Å². The van der Waals surface area contributed by atoms with E-state index in [1.165, 1.54) is 7.11 Å². The average molecular weight is 391 g/mol. The molecule has 0 unspecified atom stereocenters. The molecule has 8 heteroatoms. The zero-order valence-corrected chi connectivity index (χ0v) is 17.0. The SMILES string of the molecule is COc1ccccc1C(=O)NCCC(=O)N1CCN(C(=O)OC(C)(C)C)CC1. The molecule has 0 spiro atoms. The van der Waals surface area contributed by atoms with Crippen LogP contribution in [0.4, 0.5) is 4.79 Å². The van der Waals surface area contributed by atoms with Crippen molar-refractivity contribution in [3.8, 4) is 5.75 Å². The van der Waals surface area contributed by atoms with Gasteiger partial charge >= 0.3 is 6.09 Å². The Morgan fingerprint density at radius 3 is 2.25 bits per heavy atom. The number of para-hydroxylation sites is 1. The number of carbonyl (C=O) groups is 3. The number of benzene rings is 1. The van der Waals surface area contributed by atoms with Crippen molar-refractivity contribution in [1.29, 1.82) is 0 Å². The quantitative estimate of drug-likeness (QED) is 0.828. The Labute approximate surface area is 165 Å². The number of amides is 3. The van der Waals surface area contributed by atoms with Crippen LogP contribution >= 0.6 is 0 Å². The van der Waals surface area contributed by atoms with Crippen molar-refractivity contribution in [1.82, 2.24) is 15.1 Å². The number of rotatable bonds is 5. The lowest BCUT2D eigenvalue weighted by atomic mass is 10.2. The van der Waals surface area contributed by atoms with Crippen molar-refractivity contribution in [3.63, 3.8) is 0 Å². The molecule has 3 amide bonds. The highest BCUT2D eigenvalue weighted by atomic mass is 16.6. The minimum absolute atomic E-state index is 0.0517. The fourth-order valence-electron chi connectivity index (χ4n) is 2.83. The Bertz CT molecular complexity index is 706. The highest BCUT2D eigenvalue weighted by molar-refractivity contribution is 5.97. The second-order valence-electron chi connectivity index (χ2n) is 7.55. The third-order valence-corrected chi connectivity index (χ3v) is 4.26. The van der Waals surface area contributed by atoms with E-state index in [0.717, 1.165) is 0 Å². The Hall–Kier alpha value is -2.77. The normalized spacial score (nSPS) is 14.4. The molecule has 1 N–H and O–H groups in total. The summed E-state index contributed by atoms with van der Waals surface area (Å²) in [7, 11) is 1.51. The van der Waals surface area contributed by atoms with E-state index < -0.39 is 5.60 Å². The Morgan fingerprint density at radius 1 is 1.04 bits per heavy atom. The Balaban J connectivity index is 1.74. The molecule has 0 atom stereocenters. The van der Waals surface area contributed by atoms with Gasteiger partial charge in [-0.1, -0.05) is 12.1 Å². The first-order valence-electron chi connectivity index (χ1n) is 9.38. The van der Waals surface area contributed by atoms with Gasteiger partial charge in [-0.05, 0) is 32.9 Å². The predicted molar refractivity (Wildman–Crippen MR) is 104 cm³/mol. The van der Waals surface area contributed by atoms with E-state index >= 15 is 0 Å². The molecule has 1 aromatic carbocycles. The fraction of sp³-hybridized carbons (Fsp3) is 0.550. The molecule has 154 valence electrons. The van der Waals surface area contributed by atoms with E-state index in [0.29, 0.717) is 37.5 Å². The Morgan fingerprint density at radius 2 is 1.64 bits per heavy atom. The molecule has 1 aliphatic rings. The van der Waals surface area contributed by atoms with Gasteiger partial charge in [0, 0.05) is 39.1 Å². The van der Waals surface area contributed by atoms with Gasteiger partial charge < -0.3 is 24.6 Å². The largest absolute Gasteiger partial charge is 0.496 e. The van der Waals surface area contributed by atoms with E-state index in [9.17, 15) is 14.4 Å². The monoisotopic (exact) mass is 391 g/mol. The fourth-order valence-corrected chi connectivity index (χ4v) is 2.83.